The molecule has 2 N–H and O–H groups in total. The van der Waals surface area contributed by atoms with Gasteiger partial charge in [0.2, 0.25) is 0 Å². The topological polar surface area (TPSA) is 35.2 Å². The first-order valence-electron chi connectivity index (χ1n) is 4.92. The molecule has 1 aromatic carbocycles. The fraction of sp³-hybridized carbons (Fsp3) is 0.500. The van der Waals surface area contributed by atoms with E-state index in [1.807, 2.05) is 19.9 Å². The lowest BCUT2D eigenvalue weighted by Gasteiger charge is -2.26. The summed E-state index contributed by atoms with van der Waals surface area (Å²) in [7, 11) is 1.67. The molecule has 0 radical (unpaired) electrons. The van der Waals surface area contributed by atoms with E-state index in [-0.39, 0.29) is 5.54 Å². The molecule has 0 saturated heterocycles. The Labute approximate surface area is 99.9 Å². The van der Waals surface area contributed by atoms with Crippen LogP contribution in [0.15, 0.2) is 10.5 Å². The van der Waals surface area contributed by atoms with Crippen LogP contribution >= 0.6 is 15.9 Å². The van der Waals surface area contributed by atoms with Crippen LogP contribution in [0.1, 0.15) is 30.5 Å². The minimum Gasteiger partial charge on any atom is -0.496 e. The van der Waals surface area contributed by atoms with Crippen molar-refractivity contribution < 1.29 is 4.74 Å². The van der Waals surface area contributed by atoms with Gasteiger partial charge in [-0.2, -0.15) is 0 Å². The average Bonchev–Trinajstić information content (AvgIpc) is 2.09. The summed E-state index contributed by atoms with van der Waals surface area (Å²) in [4.78, 5) is 0. The second-order valence-corrected chi connectivity index (χ2v) is 5.22. The minimum absolute atomic E-state index is 0.330. The molecule has 0 bridgehead atoms. The Morgan fingerprint density at radius 2 is 1.87 bits per heavy atom. The van der Waals surface area contributed by atoms with Gasteiger partial charge in [-0.25, -0.2) is 0 Å². The Balaban J connectivity index is 3.50. The zero-order valence-electron chi connectivity index (χ0n) is 9.94. The lowest BCUT2D eigenvalue weighted by molar-refractivity contribution is 0.410. The van der Waals surface area contributed by atoms with Gasteiger partial charge in [0.15, 0.2) is 0 Å². The quantitative estimate of drug-likeness (QED) is 0.896. The molecular formula is C12H18BrNO. The van der Waals surface area contributed by atoms with Crippen LogP contribution in [-0.2, 0) is 5.54 Å². The molecule has 0 unspecified atom stereocenters. The fourth-order valence-electron chi connectivity index (χ4n) is 2.06. The monoisotopic (exact) mass is 271 g/mol. The van der Waals surface area contributed by atoms with Crippen molar-refractivity contribution in [3.63, 3.8) is 0 Å². The van der Waals surface area contributed by atoms with Gasteiger partial charge in [-0.3, -0.25) is 0 Å². The normalized spacial score (nSPS) is 11.7. The maximum absolute atomic E-state index is 6.16. The molecule has 84 valence electrons. The highest BCUT2D eigenvalue weighted by Gasteiger charge is 2.22. The molecule has 0 aliphatic heterocycles. The smallest absolute Gasteiger partial charge is 0.133 e. The van der Waals surface area contributed by atoms with E-state index >= 15 is 0 Å². The summed E-state index contributed by atoms with van der Waals surface area (Å²) in [5, 5.41) is 0. The average molecular weight is 272 g/mol. The summed E-state index contributed by atoms with van der Waals surface area (Å²) in [6.45, 7) is 8.15. The van der Waals surface area contributed by atoms with Gasteiger partial charge < -0.3 is 10.5 Å². The van der Waals surface area contributed by atoms with E-state index in [9.17, 15) is 0 Å². The van der Waals surface area contributed by atoms with Crippen molar-refractivity contribution in [1.29, 1.82) is 0 Å². The van der Waals surface area contributed by atoms with E-state index in [4.69, 9.17) is 10.5 Å². The second kappa shape index (κ2) is 4.14. The van der Waals surface area contributed by atoms with Gasteiger partial charge in [0.05, 0.1) is 11.6 Å². The highest BCUT2D eigenvalue weighted by Crippen LogP contribution is 2.36. The van der Waals surface area contributed by atoms with Crippen LogP contribution in [0.3, 0.4) is 0 Å². The number of ether oxygens (including phenoxy) is 1. The van der Waals surface area contributed by atoms with Crippen LogP contribution in [0.25, 0.3) is 0 Å². The highest BCUT2D eigenvalue weighted by molar-refractivity contribution is 9.10. The van der Waals surface area contributed by atoms with Crippen LogP contribution in [0.4, 0.5) is 0 Å². The number of aryl methyl sites for hydroxylation is 1. The number of methoxy groups -OCH3 is 1. The second-order valence-electron chi connectivity index (χ2n) is 4.43. The summed E-state index contributed by atoms with van der Waals surface area (Å²) in [5.74, 6) is 0.859. The zero-order valence-corrected chi connectivity index (χ0v) is 11.5. The molecule has 1 rings (SSSR count). The molecule has 0 saturated carbocycles. The van der Waals surface area contributed by atoms with Crippen molar-refractivity contribution >= 4 is 15.9 Å². The van der Waals surface area contributed by atoms with Gasteiger partial charge in [-0.05, 0) is 66.4 Å². The summed E-state index contributed by atoms with van der Waals surface area (Å²) >= 11 is 3.54. The van der Waals surface area contributed by atoms with Crippen molar-refractivity contribution in [3.05, 3.63) is 27.2 Å². The standard InChI is InChI=1S/C12H18BrNO/c1-7-6-9(15-5)11(13)8(2)10(7)12(3,4)14/h6H,14H2,1-5H3. The Hall–Kier alpha value is -0.540. The number of hydrogen-bond donors (Lipinski definition) is 1. The Kier molecular flexibility index (Phi) is 3.46. The minimum atomic E-state index is -0.330. The zero-order chi connectivity index (χ0) is 11.8. The number of nitrogens with two attached hydrogens (primary N) is 1. The van der Waals surface area contributed by atoms with Crippen LogP contribution in [-0.4, -0.2) is 7.11 Å². The molecule has 0 atom stereocenters. The fourth-order valence-corrected chi connectivity index (χ4v) is 2.54. The van der Waals surface area contributed by atoms with Crippen LogP contribution in [0, 0.1) is 13.8 Å². The number of rotatable bonds is 2. The van der Waals surface area contributed by atoms with Crippen molar-refractivity contribution in [2.24, 2.45) is 5.73 Å². The van der Waals surface area contributed by atoms with Crippen molar-refractivity contribution in [2.45, 2.75) is 33.2 Å². The summed E-state index contributed by atoms with van der Waals surface area (Å²) in [5.41, 5.74) is 9.32. The van der Waals surface area contributed by atoms with Gasteiger partial charge in [0.1, 0.15) is 5.75 Å². The lowest BCUT2D eigenvalue weighted by atomic mass is 9.87. The predicted octanol–water partition coefficient (Wildman–Crippen LogP) is 3.27. The summed E-state index contributed by atoms with van der Waals surface area (Å²) in [6, 6.07) is 2.01. The van der Waals surface area contributed by atoms with Gasteiger partial charge in [-0.15, -0.1) is 0 Å². The van der Waals surface area contributed by atoms with E-state index < -0.39 is 0 Å². The molecule has 0 fully saturated rings. The maximum Gasteiger partial charge on any atom is 0.133 e. The molecule has 0 aliphatic rings. The third kappa shape index (κ3) is 2.34. The van der Waals surface area contributed by atoms with E-state index in [1.54, 1.807) is 7.11 Å². The molecule has 2 nitrogen and oxygen atoms in total. The first-order valence-corrected chi connectivity index (χ1v) is 5.71. The van der Waals surface area contributed by atoms with Gasteiger partial charge in [-0.1, -0.05) is 0 Å². The van der Waals surface area contributed by atoms with Crippen LogP contribution in [0.2, 0.25) is 0 Å². The molecule has 0 heterocycles. The van der Waals surface area contributed by atoms with Gasteiger partial charge >= 0.3 is 0 Å². The molecule has 0 aromatic heterocycles. The first-order chi connectivity index (χ1) is 6.79. The summed E-state index contributed by atoms with van der Waals surface area (Å²) < 4.78 is 6.28. The van der Waals surface area contributed by atoms with Gasteiger partial charge in [0.25, 0.3) is 0 Å². The van der Waals surface area contributed by atoms with Crippen molar-refractivity contribution in [2.75, 3.05) is 7.11 Å². The largest absolute Gasteiger partial charge is 0.496 e. The number of hydrogen-bond acceptors (Lipinski definition) is 2. The number of halogens is 1. The number of benzene rings is 1. The highest BCUT2D eigenvalue weighted by atomic mass is 79.9. The third-order valence-corrected chi connectivity index (χ3v) is 3.51. The predicted molar refractivity (Wildman–Crippen MR) is 67.4 cm³/mol. The summed E-state index contributed by atoms with van der Waals surface area (Å²) in [6.07, 6.45) is 0. The molecule has 3 heteroatoms. The Bertz CT molecular complexity index is 380. The molecule has 0 spiro atoms. The molecular weight excluding hydrogens is 254 g/mol. The third-order valence-electron chi connectivity index (χ3n) is 2.53. The SMILES string of the molecule is COc1cc(C)c(C(C)(C)N)c(C)c1Br. The molecule has 15 heavy (non-hydrogen) atoms. The van der Waals surface area contributed by atoms with Crippen LogP contribution in [0.5, 0.6) is 5.75 Å². The van der Waals surface area contributed by atoms with Gasteiger partial charge in [0, 0.05) is 5.54 Å². The van der Waals surface area contributed by atoms with E-state index in [0.717, 1.165) is 15.8 Å². The lowest BCUT2D eigenvalue weighted by Crippen LogP contribution is -2.30. The Morgan fingerprint density at radius 3 is 2.27 bits per heavy atom. The van der Waals surface area contributed by atoms with E-state index in [0.29, 0.717) is 0 Å². The first kappa shape index (κ1) is 12.5. The Morgan fingerprint density at radius 1 is 1.33 bits per heavy atom. The molecule has 1 aromatic rings. The van der Waals surface area contributed by atoms with E-state index in [2.05, 4.69) is 29.8 Å². The maximum atomic E-state index is 6.16. The molecule has 0 amide bonds. The van der Waals surface area contributed by atoms with E-state index in [1.165, 1.54) is 11.1 Å². The van der Waals surface area contributed by atoms with Crippen molar-refractivity contribution in [3.8, 4) is 5.75 Å². The van der Waals surface area contributed by atoms with Crippen LogP contribution < -0.4 is 10.5 Å². The van der Waals surface area contributed by atoms with Crippen molar-refractivity contribution in [1.82, 2.24) is 0 Å². The molecule has 0 aliphatic carbocycles.